The Morgan fingerprint density at radius 1 is 1.00 bits per heavy atom. The minimum absolute atomic E-state index is 0.0486. The molecule has 0 aliphatic carbocycles. The number of ether oxygens (including phenoxy) is 1. The quantitative estimate of drug-likeness (QED) is 0.399. The Morgan fingerprint density at radius 2 is 1.71 bits per heavy atom. The first-order valence-corrected chi connectivity index (χ1v) is 12.0. The highest BCUT2D eigenvalue weighted by Gasteiger charge is 2.30. The fraction of sp³-hybridized carbons (Fsp3) is 0.345. The van der Waals surface area contributed by atoms with Crippen molar-refractivity contribution >= 4 is 11.6 Å². The van der Waals surface area contributed by atoms with Crippen molar-refractivity contribution in [1.82, 2.24) is 4.90 Å². The number of benzene rings is 3. The second-order valence-electron chi connectivity index (χ2n) is 9.37. The number of piperidine rings is 1. The highest BCUT2D eigenvalue weighted by Crippen LogP contribution is 2.28. The van der Waals surface area contributed by atoms with Crippen LogP contribution < -0.4 is 9.64 Å². The number of likely N-dealkylation sites (tertiary alicyclic amines) is 1. The first-order valence-electron chi connectivity index (χ1n) is 12.0. The Balaban J connectivity index is 1.41. The van der Waals surface area contributed by atoms with Gasteiger partial charge in [-0.1, -0.05) is 50.2 Å². The van der Waals surface area contributed by atoms with Gasteiger partial charge >= 0.3 is 0 Å². The molecule has 3 aromatic carbocycles. The van der Waals surface area contributed by atoms with Crippen LogP contribution in [0.1, 0.15) is 37.8 Å². The number of hydrogen-bond donors (Lipinski definition) is 0. The van der Waals surface area contributed by atoms with Crippen LogP contribution in [0.25, 0.3) is 0 Å². The van der Waals surface area contributed by atoms with Gasteiger partial charge < -0.3 is 9.64 Å². The van der Waals surface area contributed by atoms with Crippen molar-refractivity contribution in [3.63, 3.8) is 0 Å². The molecule has 0 aromatic heterocycles. The summed E-state index contributed by atoms with van der Waals surface area (Å²) in [6.07, 6.45) is 1.71. The van der Waals surface area contributed by atoms with E-state index in [-0.39, 0.29) is 23.7 Å². The van der Waals surface area contributed by atoms with Crippen molar-refractivity contribution in [3.05, 3.63) is 89.7 Å². The van der Waals surface area contributed by atoms with Crippen LogP contribution in [0.3, 0.4) is 0 Å². The van der Waals surface area contributed by atoms with Crippen LogP contribution in [0, 0.1) is 18.7 Å². The molecule has 0 saturated carbocycles. The monoisotopic (exact) mass is 460 g/mol. The van der Waals surface area contributed by atoms with E-state index < -0.39 is 0 Å². The normalized spacial score (nSPS) is 14.9. The van der Waals surface area contributed by atoms with E-state index in [4.69, 9.17) is 4.74 Å². The number of carbonyl (C=O) groups excluding carboxylic acids is 1. The van der Waals surface area contributed by atoms with E-state index in [0.29, 0.717) is 11.3 Å². The van der Waals surface area contributed by atoms with Gasteiger partial charge in [0.05, 0.1) is 0 Å². The second kappa shape index (κ2) is 10.8. The summed E-state index contributed by atoms with van der Waals surface area (Å²) in [7, 11) is 0. The van der Waals surface area contributed by atoms with Gasteiger partial charge in [0.2, 0.25) is 5.91 Å². The lowest BCUT2D eigenvalue weighted by Crippen LogP contribution is -2.48. The van der Waals surface area contributed by atoms with Gasteiger partial charge in [-0.25, -0.2) is 4.39 Å². The molecule has 3 aromatic rings. The van der Waals surface area contributed by atoms with Crippen molar-refractivity contribution in [2.45, 2.75) is 46.2 Å². The molecule has 1 saturated heterocycles. The molecule has 1 aliphatic rings. The molecule has 178 valence electrons. The van der Waals surface area contributed by atoms with E-state index in [0.717, 1.165) is 44.0 Å². The maximum absolute atomic E-state index is 14.3. The number of rotatable bonds is 7. The molecule has 0 bridgehead atoms. The number of para-hydroxylation sites is 1. The summed E-state index contributed by atoms with van der Waals surface area (Å²) in [5, 5.41) is 0. The van der Waals surface area contributed by atoms with Crippen molar-refractivity contribution in [2.24, 2.45) is 5.92 Å². The van der Waals surface area contributed by atoms with Crippen LogP contribution in [0.2, 0.25) is 0 Å². The van der Waals surface area contributed by atoms with Gasteiger partial charge in [-0.15, -0.1) is 0 Å². The second-order valence-corrected chi connectivity index (χ2v) is 9.37. The van der Waals surface area contributed by atoms with Crippen molar-refractivity contribution in [2.75, 3.05) is 18.0 Å². The molecule has 0 spiro atoms. The minimum Gasteiger partial charge on any atom is -0.457 e. The average molecular weight is 461 g/mol. The zero-order chi connectivity index (χ0) is 24.1. The molecule has 0 atom stereocenters. The topological polar surface area (TPSA) is 32.8 Å². The number of aryl methyl sites for hydroxylation is 1. The standard InChI is InChI=1S/C29H33FN2O2/c1-21(2)29(33)32(25-13-12-22(3)28(30)19-25)24-14-16-31(17-15-24)20-23-8-7-11-27(18-23)34-26-9-5-4-6-10-26/h4-13,18-19,21,24H,14-17,20H2,1-3H3. The van der Waals surface area contributed by atoms with Crippen LogP contribution in [-0.2, 0) is 11.3 Å². The highest BCUT2D eigenvalue weighted by atomic mass is 19.1. The molecule has 34 heavy (non-hydrogen) atoms. The van der Waals surface area contributed by atoms with E-state index in [1.54, 1.807) is 13.0 Å². The van der Waals surface area contributed by atoms with Gasteiger partial charge in [-0.2, -0.15) is 0 Å². The van der Waals surface area contributed by atoms with Gasteiger partial charge in [0.1, 0.15) is 17.3 Å². The van der Waals surface area contributed by atoms with Gasteiger partial charge in [0.15, 0.2) is 0 Å². The highest BCUT2D eigenvalue weighted by molar-refractivity contribution is 5.95. The zero-order valence-corrected chi connectivity index (χ0v) is 20.2. The summed E-state index contributed by atoms with van der Waals surface area (Å²) < 4.78 is 20.3. The largest absolute Gasteiger partial charge is 0.457 e. The van der Waals surface area contributed by atoms with Crippen molar-refractivity contribution in [3.8, 4) is 11.5 Å². The third-order valence-corrected chi connectivity index (χ3v) is 6.37. The summed E-state index contributed by atoms with van der Waals surface area (Å²) in [6.45, 7) is 8.14. The summed E-state index contributed by atoms with van der Waals surface area (Å²) in [6, 6.07) is 23.2. The fourth-order valence-electron chi connectivity index (χ4n) is 4.45. The molecule has 4 rings (SSSR count). The van der Waals surface area contributed by atoms with Gasteiger partial charge in [-0.05, 0) is 67.3 Å². The lowest BCUT2D eigenvalue weighted by molar-refractivity contribution is -0.122. The Kier molecular flexibility index (Phi) is 7.63. The lowest BCUT2D eigenvalue weighted by Gasteiger charge is -2.39. The van der Waals surface area contributed by atoms with E-state index >= 15 is 0 Å². The van der Waals surface area contributed by atoms with E-state index in [1.807, 2.05) is 67.3 Å². The number of anilines is 1. The first-order chi connectivity index (χ1) is 16.4. The molecule has 0 radical (unpaired) electrons. The fourth-order valence-corrected chi connectivity index (χ4v) is 4.45. The summed E-state index contributed by atoms with van der Waals surface area (Å²) in [5.74, 6) is 1.29. The number of hydrogen-bond acceptors (Lipinski definition) is 3. The lowest BCUT2D eigenvalue weighted by atomic mass is 9.99. The summed E-state index contributed by atoms with van der Waals surface area (Å²) >= 11 is 0. The van der Waals surface area contributed by atoms with E-state index in [9.17, 15) is 9.18 Å². The smallest absolute Gasteiger partial charge is 0.229 e. The number of carbonyl (C=O) groups is 1. The van der Waals surface area contributed by atoms with Gasteiger partial charge in [0, 0.05) is 37.3 Å². The zero-order valence-electron chi connectivity index (χ0n) is 20.2. The van der Waals surface area contributed by atoms with Crippen molar-refractivity contribution < 1.29 is 13.9 Å². The third-order valence-electron chi connectivity index (χ3n) is 6.37. The molecular formula is C29H33FN2O2. The van der Waals surface area contributed by atoms with Crippen LogP contribution >= 0.6 is 0 Å². The Bertz CT molecular complexity index is 1110. The number of halogens is 1. The molecular weight excluding hydrogens is 427 g/mol. The van der Waals surface area contributed by atoms with Gasteiger partial charge in [-0.3, -0.25) is 9.69 Å². The SMILES string of the molecule is Cc1ccc(N(C(=O)C(C)C)C2CCN(Cc3cccc(Oc4ccccc4)c3)CC2)cc1F. The molecule has 0 unspecified atom stereocenters. The van der Waals surface area contributed by atoms with Crippen LogP contribution in [-0.4, -0.2) is 29.9 Å². The molecule has 4 nitrogen and oxygen atoms in total. The third kappa shape index (κ3) is 5.84. The van der Waals surface area contributed by atoms with E-state index in [2.05, 4.69) is 17.0 Å². The number of amides is 1. The van der Waals surface area contributed by atoms with E-state index in [1.165, 1.54) is 11.6 Å². The summed E-state index contributed by atoms with van der Waals surface area (Å²) in [4.78, 5) is 17.3. The average Bonchev–Trinajstić information content (AvgIpc) is 2.83. The maximum atomic E-state index is 14.3. The Labute approximate surface area is 202 Å². The summed E-state index contributed by atoms with van der Waals surface area (Å²) in [5.41, 5.74) is 2.45. The minimum atomic E-state index is -0.269. The van der Waals surface area contributed by atoms with Crippen LogP contribution in [0.15, 0.2) is 72.8 Å². The Morgan fingerprint density at radius 3 is 2.38 bits per heavy atom. The molecule has 0 N–H and O–H groups in total. The van der Waals surface area contributed by atoms with Crippen LogP contribution in [0.4, 0.5) is 10.1 Å². The molecule has 1 fully saturated rings. The predicted molar refractivity (Wildman–Crippen MR) is 135 cm³/mol. The van der Waals surface area contributed by atoms with Crippen LogP contribution in [0.5, 0.6) is 11.5 Å². The molecule has 5 heteroatoms. The molecule has 1 heterocycles. The number of nitrogens with zero attached hydrogens (tertiary/aromatic N) is 2. The van der Waals surface area contributed by atoms with Crippen molar-refractivity contribution in [1.29, 1.82) is 0 Å². The van der Waals surface area contributed by atoms with Gasteiger partial charge in [0.25, 0.3) is 0 Å². The first kappa shape index (κ1) is 24.0. The molecule has 1 amide bonds. The predicted octanol–water partition coefficient (Wildman–Crippen LogP) is 6.58. The maximum Gasteiger partial charge on any atom is 0.229 e. The Hall–Kier alpha value is -3.18. The molecule has 1 aliphatic heterocycles.